The molecule has 0 radical (unpaired) electrons. The van der Waals surface area contributed by atoms with E-state index in [0.717, 1.165) is 11.1 Å². The van der Waals surface area contributed by atoms with Gasteiger partial charge in [-0.25, -0.2) is 0 Å². The van der Waals surface area contributed by atoms with Crippen LogP contribution in [0.4, 0.5) is 0 Å². The highest BCUT2D eigenvalue weighted by molar-refractivity contribution is 5.83. The van der Waals surface area contributed by atoms with Crippen molar-refractivity contribution in [2.75, 3.05) is 0 Å². The van der Waals surface area contributed by atoms with Crippen molar-refractivity contribution < 1.29 is 0 Å². The fourth-order valence-corrected chi connectivity index (χ4v) is 1.60. The summed E-state index contributed by atoms with van der Waals surface area (Å²) in [6, 6.07) is 3.65. The van der Waals surface area contributed by atoms with Crippen LogP contribution in [-0.4, -0.2) is 9.97 Å². The molecule has 0 aliphatic carbocycles. The molecule has 1 N–H and O–H groups in total. The van der Waals surface area contributed by atoms with Crippen LogP contribution in [0, 0.1) is 0 Å². The van der Waals surface area contributed by atoms with E-state index in [-0.39, 0.29) is 5.56 Å². The third-order valence-electron chi connectivity index (χ3n) is 2.28. The van der Waals surface area contributed by atoms with E-state index in [2.05, 4.69) is 23.8 Å². The molecule has 0 bridgehead atoms. The van der Waals surface area contributed by atoms with Gasteiger partial charge >= 0.3 is 0 Å². The summed E-state index contributed by atoms with van der Waals surface area (Å²) in [5, 5.41) is 1.66. The standard InChI is InChI=1S/C11H12N2O/c1-7(2)10-8-3-6-13-11(14)9(8)4-5-12-10/h3-7H,1-2H3,(H,13,14). The molecule has 0 aromatic carbocycles. The average molecular weight is 188 g/mol. The zero-order chi connectivity index (χ0) is 10.1. The molecule has 0 aliphatic heterocycles. The van der Waals surface area contributed by atoms with Gasteiger partial charge in [-0.2, -0.15) is 0 Å². The molecule has 2 aromatic rings. The number of aromatic nitrogens is 2. The van der Waals surface area contributed by atoms with Gasteiger partial charge < -0.3 is 4.98 Å². The highest BCUT2D eigenvalue weighted by Gasteiger charge is 2.07. The SMILES string of the molecule is CC(C)c1nccc2c(=O)[nH]ccc12. The van der Waals surface area contributed by atoms with Gasteiger partial charge in [0.2, 0.25) is 0 Å². The summed E-state index contributed by atoms with van der Waals surface area (Å²) in [6.45, 7) is 4.14. The maximum absolute atomic E-state index is 11.5. The fourth-order valence-electron chi connectivity index (χ4n) is 1.60. The Bertz CT molecular complexity index is 514. The number of nitrogens with one attached hydrogen (secondary N) is 1. The van der Waals surface area contributed by atoms with Crippen molar-refractivity contribution in [3.63, 3.8) is 0 Å². The summed E-state index contributed by atoms with van der Waals surface area (Å²) in [5.41, 5.74) is 0.931. The van der Waals surface area contributed by atoms with Crippen LogP contribution in [0.15, 0.2) is 29.3 Å². The summed E-state index contributed by atoms with van der Waals surface area (Å²) in [4.78, 5) is 18.4. The Morgan fingerprint density at radius 3 is 2.79 bits per heavy atom. The van der Waals surface area contributed by atoms with Crippen molar-refractivity contribution in [1.29, 1.82) is 0 Å². The van der Waals surface area contributed by atoms with Crippen LogP contribution in [0.3, 0.4) is 0 Å². The minimum Gasteiger partial charge on any atom is -0.329 e. The Morgan fingerprint density at radius 2 is 2.07 bits per heavy atom. The van der Waals surface area contributed by atoms with Gasteiger partial charge in [-0.15, -0.1) is 0 Å². The van der Waals surface area contributed by atoms with E-state index in [1.807, 2.05) is 6.07 Å². The number of rotatable bonds is 1. The molecule has 0 unspecified atom stereocenters. The topological polar surface area (TPSA) is 45.8 Å². The first-order chi connectivity index (χ1) is 6.70. The molecule has 3 nitrogen and oxygen atoms in total. The maximum Gasteiger partial charge on any atom is 0.255 e. The van der Waals surface area contributed by atoms with E-state index >= 15 is 0 Å². The lowest BCUT2D eigenvalue weighted by molar-refractivity contribution is 0.834. The van der Waals surface area contributed by atoms with E-state index in [4.69, 9.17) is 0 Å². The van der Waals surface area contributed by atoms with Gasteiger partial charge in [-0.05, 0) is 18.1 Å². The molecule has 3 heteroatoms. The van der Waals surface area contributed by atoms with Crippen LogP contribution in [-0.2, 0) is 0 Å². The van der Waals surface area contributed by atoms with Gasteiger partial charge in [0.05, 0.1) is 11.1 Å². The molecular formula is C11H12N2O. The number of nitrogens with zero attached hydrogens (tertiary/aromatic N) is 1. The molecule has 0 saturated carbocycles. The second-order valence-corrected chi connectivity index (χ2v) is 3.62. The van der Waals surface area contributed by atoms with E-state index in [0.29, 0.717) is 11.3 Å². The summed E-state index contributed by atoms with van der Waals surface area (Å²) in [5.74, 6) is 0.334. The van der Waals surface area contributed by atoms with Crippen LogP contribution in [0.5, 0.6) is 0 Å². The van der Waals surface area contributed by atoms with Crippen molar-refractivity contribution in [2.24, 2.45) is 0 Å². The number of aromatic amines is 1. The Kier molecular flexibility index (Phi) is 2.08. The number of H-pyrrole nitrogens is 1. The van der Waals surface area contributed by atoms with Gasteiger partial charge in [-0.1, -0.05) is 13.8 Å². The highest BCUT2D eigenvalue weighted by Crippen LogP contribution is 2.19. The molecule has 0 aliphatic rings. The Hall–Kier alpha value is -1.64. The van der Waals surface area contributed by atoms with Crippen LogP contribution >= 0.6 is 0 Å². The molecule has 72 valence electrons. The molecule has 2 heterocycles. The Labute approximate surface area is 81.8 Å². The predicted molar refractivity (Wildman–Crippen MR) is 56.5 cm³/mol. The van der Waals surface area contributed by atoms with Crippen LogP contribution in [0.1, 0.15) is 25.5 Å². The number of fused-ring (bicyclic) bond motifs is 1. The van der Waals surface area contributed by atoms with Crippen molar-refractivity contribution in [3.8, 4) is 0 Å². The van der Waals surface area contributed by atoms with Crippen molar-refractivity contribution in [3.05, 3.63) is 40.6 Å². The Morgan fingerprint density at radius 1 is 1.29 bits per heavy atom. The fraction of sp³-hybridized carbons (Fsp3) is 0.273. The molecular weight excluding hydrogens is 176 g/mol. The van der Waals surface area contributed by atoms with Gasteiger partial charge in [0.15, 0.2) is 0 Å². The lowest BCUT2D eigenvalue weighted by Crippen LogP contribution is -2.06. The minimum atomic E-state index is -0.0493. The first kappa shape index (κ1) is 8.94. The zero-order valence-electron chi connectivity index (χ0n) is 8.24. The van der Waals surface area contributed by atoms with Gasteiger partial charge in [0.25, 0.3) is 5.56 Å². The third kappa shape index (κ3) is 1.31. The van der Waals surface area contributed by atoms with Gasteiger partial charge in [-0.3, -0.25) is 9.78 Å². The summed E-state index contributed by atoms with van der Waals surface area (Å²) >= 11 is 0. The minimum absolute atomic E-state index is 0.0493. The molecule has 0 saturated heterocycles. The first-order valence-electron chi connectivity index (χ1n) is 4.66. The molecule has 14 heavy (non-hydrogen) atoms. The van der Waals surface area contributed by atoms with Gasteiger partial charge in [0.1, 0.15) is 0 Å². The molecule has 0 spiro atoms. The monoisotopic (exact) mass is 188 g/mol. The molecule has 2 aromatic heterocycles. The quantitative estimate of drug-likeness (QED) is 0.744. The molecule has 0 atom stereocenters. The molecule has 0 amide bonds. The summed E-state index contributed by atoms with van der Waals surface area (Å²) in [6.07, 6.45) is 3.35. The van der Waals surface area contributed by atoms with Crippen molar-refractivity contribution >= 4 is 10.8 Å². The molecule has 0 fully saturated rings. The summed E-state index contributed by atoms with van der Waals surface area (Å²) < 4.78 is 0. The lowest BCUT2D eigenvalue weighted by Gasteiger charge is -2.07. The van der Waals surface area contributed by atoms with Crippen LogP contribution in [0.25, 0.3) is 10.8 Å². The van der Waals surface area contributed by atoms with Crippen LogP contribution < -0.4 is 5.56 Å². The molecule has 2 rings (SSSR count). The second kappa shape index (κ2) is 3.25. The van der Waals surface area contributed by atoms with E-state index < -0.39 is 0 Å². The van der Waals surface area contributed by atoms with Crippen molar-refractivity contribution in [1.82, 2.24) is 9.97 Å². The average Bonchev–Trinajstić information content (AvgIpc) is 2.17. The highest BCUT2D eigenvalue weighted by atomic mass is 16.1. The lowest BCUT2D eigenvalue weighted by atomic mass is 10.0. The summed E-state index contributed by atoms with van der Waals surface area (Å²) in [7, 11) is 0. The third-order valence-corrected chi connectivity index (χ3v) is 2.28. The maximum atomic E-state index is 11.5. The first-order valence-corrected chi connectivity index (χ1v) is 4.66. The van der Waals surface area contributed by atoms with E-state index in [9.17, 15) is 4.79 Å². The second-order valence-electron chi connectivity index (χ2n) is 3.62. The number of hydrogen-bond donors (Lipinski definition) is 1. The van der Waals surface area contributed by atoms with Crippen LogP contribution in [0.2, 0.25) is 0 Å². The zero-order valence-corrected chi connectivity index (χ0v) is 8.24. The smallest absolute Gasteiger partial charge is 0.255 e. The number of hydrogen-bond acceptors (Lipinski definition) is 2. The largest absolute Gasteiger partial charge is 0.329 e. The van der Waals surface area contributed by atoms with E-state index in [1.165, 1.54) is 0 Å². The number of pyridine rings is 2. The van der Waals surface area contributed by atoms with Crippen molar-refractivity contribution in [2.45, 2.75) is 19.8 Å². The van der Waals surface area contributed by atoms with E-state index in [1.54, 1.807) is 18.5 Å². The van der Waals surface area contributed by atoms with Gasteiger partial charge in [0, 0.05) is 17.8 Å². The predicted octanol–water partition coefficient (Wildman–Crippen LogP) is 2.05. The normalized spacial score (nSPS) is 11.1. The Balaban J connectivity index is 2.88.